The Bertz CT molecular complexity index is 783. The molecule has 1 aromatic carbocycles. The zero-order valence-electron chi connectivity index (χ0n) is 16.4. The molecule has 150 valence electrons. The van der Waals surface area contributed by atoms with E-state index in [1.807, 2.05) is 24.3 Å². The summed E-state index contributed by atoms with van der Waals surface area (Å²) in [5, 5.41) is 3.01. The minimum absolute atomic E-state index is 0.0640. The summed E-state index contributed by atoms with van der Waals surface area (Å²) in [6, 6.07) is 7.91. The molecule has 2 heterocycles. The van der Waals surface area contributed by atoms with Gasteiger partial charge in [-0.25, -0.2) is 12.7 Å². The van der Waals surface area contributed by atoms with E-state index in [2.05, 4.69) is 19.2 Å². The van der Waals surface area contributed by atoms with Gasteiger partial charge in [-0.15, -0.1) is 0 Å². The van der Waals surface area contributed by atoms with Crippen molar-refractivity contribution < 1.29 is 17.9 Å². The number of carbonyl (C=O) groups excluding carboxylic acids is 1. The van der Waals surface area contributed by atoms with Crippen molar-refractivity contribution in [2.45, 2.75) is 51.0 Å². The Morgan fingerprint density at radius 2 is 1.96 bits per heavy atom. The number of hydrogen-bond acceptors (Lipinski definition) is 4. The van der Waals surface area contributed by atoms with Crippen LogP contribution in [0.15, 0.2) is 24.3 Å². The maximum atomic E-state index is 12.4. The van der Waals surface area contributed by atoms with Crippen LogP contribution in [0.4, 0.5) is 0 Å². The molecule has 7 heteroatoms. The van der Waals surface area contributed by atoms with E-state index in [-0.39, 0.29) is 11.8 Å². The molecule has 6 nitrogen and oxygen atoms in total. The normalized spacial score (nSPS) is 22.3. The number of para-hydroxylation sites is 1. The van der Waals surface area contributed by atoms with Crippen LogP contribution < -0.4 is 10.1 Å². The Hall–Kier alpha value is -1.60. The van der Waals surface area contributed by atoms with Crippen molar-refractivity contribution in [2.24, 2.45) is 5.92 Å². The van der Waals surface area contributed by atoms with Gasteiger partial charge in [0.05, 0.1) is 6.26 Å². The lowest BCUT2D eigenvalue weighted by Gasteiger charge is -2.46. The summed E-state index contributed by atoms with van der Waals surface area (Å²) >= 11 is 0. The van der Waals surface area contributed by atoms with E-state index in [9.17, 15) is 13.2 Å². The SMILES string of the molecule is CC(C)CNC(=O)CC1CC2(CCN(S(C)(=O)=O)CC2)Oc2ccccc21. The molecule has 1 N–H and O–H groups in total. The molecule has 1 saturated heterocycles. The zero-order chi connectivity index (χ0) is 19.7. The second-order valence-corrected chi connectivity index (χ2v) is 10.3. The van der Waals surface area contributed by atoms with Gasteiger partial charge in [-0.2, -0.15) is 0 Å². The Balaban J connectivity index is 1.76. The molecule has 27 heavy (non-hydrogen) atoms. The lowest BCUT2D eigenvalue weighted by molar-refractivity contribution is -0.122. The molecular weight excluding hydrogens is 364 g/mol. The van der Waals surface area contributed by atoms with E-state index >= 15 is 0 Å². The maximum Gasteiger partial charge on any atom is 0.220 e. The number of piperidine rings is 1. The summed E-state index contributed by atoms with van der Waals surface area (Å²) in [6.45, 7) is 5.77. The summed E-state index contributed by atoms with van der Waals surface area (Å²) < 4.78 is 31.5. The van der Waals surface area contributed by atoms with Crippen LogP contribution in [-0.4, -0.2) is 50.1 Å². The van der Waals surface area contributed by atoms with Crippen molar-refractivity contribution in [3.8, 4) is 5.75 Å². The van der Waals surface area contributed by atoms with E-state index in [1.165, 1.54) is 10.6 Å². The molecule has 1 atom stereocenters. The molecular formula is C20H30N2O4S. The van der Waals surface area contributed by atoms with Gasteiger partial charge in [0, 0.05) is 44.8 Å². The maximum absolute atomic E-state index is 12.4. The van der Waals surface area contributed by atoms with Gasteiger partial charge in [0.2, 0.25) is 15.9 Å². The van der Waals surface area contributed by atoms with Crippen LogP contribution in [-0.2, 0) is 14.8 Å². The monoisotopic (exact) mass is 394 g/mol. The topological polar surface area (TPSA) is 75.7 Å². The smallest absolute Gasteiger partial charge is 0.220 e. The molecule has 2 aliphatic rings. The minimum atomic E-state index is -3.18. The van der Waals surface area contributed by atoms with E-state index in [4.69, 9.17) is 4.74 Å². The van der Waals surface area contributed by atoms with E-state index in [1.54, 1.807) is 0 Å². The number of fused-ring (bicyclic) bond motifs is 1. The molecule has 1 unspecified atom stereocenters. The van der Waals surface area contributed by atoms with Crippen LogP contribution in [0.1, 0.15) is 51.0 Å². The van der Waals surface area contributed by atoms with Crippen LogP contribution in [0.5, 0.6) is 5.75 Å². The van der Waals surface area contributed by atoms with E-state index in [0.29, 0.717) is 44.8 Å². The number of hydrogen-bond donors (Lipinski definition) is 1. The Morgan fingerprint density at radius 3 is 2.59 bits per heavy atom. The van der Waals surface area contributed by atoms with Gasteiger partial charge in [0.1, 0.15) is 11.4 Å². The largest absolute Gasteiger partial charge is 0.487 e. The third-order valence-corrected chi connectivity index (χ3v) is 6.85. The fourth-order valence-corrected chi connectivity index (χ4v) is 4.92. The third kappa shape index (κ3) is 4.82. The van der Waals surface area contributed by atoms with Gasteiger partial charge in [-0.05, 0) is 24.0 Å². The number of nitrogens with one attached hydrogen (secondary N) is 1. The van der Waals surface area contributed by atoms with Gasteiger partial charge in [0.15, 0.2) is 0 Å². The second-order valence-electron chi connectivity index (χ2n) is 8.29. The average Bonchev–Trinajstić information content (AvgIpc) is 2.59. The summed E-state index contributed by atoms with van der Waals surface area (Å²) in [5.74, 6) is 1.40. The number of ether oxygens (including phenoxy) is 1. The van der Waals surface area contributed by atoms with Crippen LogP contribution in [0.3, 0.4) is 0 Å². The van der Waals surface area contributed by atoms with Crippen molar-refractivity contribution >= 4 is 15.9 Å². The van der Waals surface area contributed by atoms with Crippen LogP contribution in [0.25, 0.3) is 0 Å². The highest BCUT2D eigenvalue weighted by Crippen LogP contribution is 2.46. The number of carbonyl (C=O) groups is 1. The minimum Gasteiger partial charge on any atom is -0.487 e. The first-order chi connectivity index (χ1) is 12.7. The number of rotatable bonds is 5. The molecule has 3 rings (SSSR count). The molecule has 0 bridgehead atoms. The molecule has 1 amide bonds. The number of amides is 1. The van der Waals surface area contributed by atoms with Gasteiger partial charge in [-0.3, -0.25) is 4.79 Å². The van der Waals surface area contributed by atoms with Crippen molar-refractivity contribution in [3.63, 3.8) is 0 Å². The first kappa shape index (κ1) is 20.1. The van der Waals surface area contributed by atoms with E-state index < -0.39 is 15.6 Å². The summed E-state index contributed by atoms with van der Waals surface area (Å²) in [5.41, 5.74) is 0.687. The molecule has 1 spiro atoms. The highest BCUT2D eigenvalue weighted by atomic mass is 32.2. The van der Waals surface area contributed by atoms with E-state index in [0.717, 1.165) is 17.7 Å². The summed E-state index contributed by atoms with van der Waals surface area (Å²) in [6.07, 6.45) is 3.74. The third-order valence-electron chi connectivity index (χ3n) is 5.55. The fourth-order valence-electron chi connectivity index (χ4n) is 4.07. The fraction of sp³-hybridized carbons (Fsp3) is 0.650. The predicted molar refractivity (Wildman–Crippen MR) is 105 cm³/mol. The van der Waals surface area contributed by atoms with Crippen molar-refractivity contribution in [3.05, 3.63) is 29.8 Å². The number of nitrogens with zero attached hydrogens (tertiary/aromatic N) is 1. The molecule has 0 aliphatic carbocycles. The van der Waals surface area contributed by atoms with Gasteiger partial charge in [-0.1, -0.05) is 32.0 Å². The first-order valence-corrected chi connectivity index (χ1v) is 11.5. The standard InChI is InChI=1S/C20H30N2O4S/c1-15(2)14-21-19(23)12-16-13-20(26-18-7-5-4-6-17(16)18)8-10-22(11-9-20)27(3,24)25/h4-7,15-16H,8-14H2,1-3H3,(H,21,23). The van der Waals surface area contributed by atoms with Crippen LogP contribution >= 0.6 is 0 Å². The van der Waals surface area contributed by atoms with Crippen molar-refractivity contribution in [1.29, 1.82) is 0 Å². The second kappa shape index (κ2) is 7.80. The summed E-state index contributed by atoms with van der Waals surface area (Å²) in [7, 11) is -3.18. The van der Waals surface area contributed by atoms with Crippen LogP contribution in [0.2, 0.25) is 0 Å². The molecule has 0 saturated carbocycles. The van der Waals surface area contributed by atoms with Crippen molar-refractivity contribution in [2.75, 3.05) is 25.9 Å². The highest BCUT2D eigenvalue weighted by Gasteiger charge is 2.44. The Labute approximate surface area is 162 Å². The number of sulfonamides is 1. The number of benzene rings is 1. The highest BCUT2D eigenvalue weighted by molar-refractivity contribution is 7.88. The first-order valence-electron chi connectivity index (χ1n) is 9.68. The van der Waals surface area contributed by atoms with Gasteiger partial charge < -0.3 is 10.1 Å². The lowest BCUT2D eigenvalue weighted by atomic mass is 9.76. The summed E-state index contributed by atoms with van der Waals surface area (Å²) in [4.78, 5) is 12.4. The predicted octanol–water partition coefficient (Wildman–Crippen LogP) is 2.51. The molecule has 0 radical (unpaired) electrons. The zero-order valence-corrected chi connectivity index (χ0v) is 17.2. The average molecular weight is 395 g/mol. The molecule has 0 aromatic heterocycles. The Morgan fingerprint density at radius 1 is 1.30 bits per heavy atom. The molecule has 1 fully saturated rings. The van der Waals surface area contributed by atoms with Gasteiger partial charge >= 0.3 is 0 Å². The lowest BCUT2D eigenvalue weighted by Crippen LogP contribution is -2.51. The molecule has 2 aliphatic heterocycles. The quantitative estimate of drug-likeness (QED) is 0.833. The Kier molecular flexibility index (Phi) is 5.82. The van der Waals surface area contributed by atoms with Gasteiger partial charge in [0.25, 0.3) is 0 Å². The van der Waals surface area contributed by atoms with Crippen molar-refractivity contribution in [1.82, 2.24) is 9.62 Å². The molecule has 1 aromatic rings. The van der Waals surface area contributed by atoms with Crippen LogP contribution in [0, 0.1) is 5.92 Å².